The number of imide groups is 2. The predicted octanol–water partition coefficient (Wildman–Crippen LogP) is 3.56. The monoisotopic (exact) mass is 334 g/mol. The summed E-state index contributed by atoms with van der Waals surface area (Å²) in [4.78, 5) is 39.3. The molecule has 1 aliphatic heterocycles. The van der Waals surface area contributed by atoms with Gasteiger partial charge in [0, 0.05) is 5.39 Å². The molecule has 0 unspecified atom stereocenters. The fraction of sp³-hybridized carbons (Fsp3) is 0.150. The molecule has 126 valence electrons. The fourth-order valence-corrected chi connectivity index (χ4v) is 3.23. The van der Waals surface area contributed by atoms with Gasteiger partial charge < -0.3 is 0 Å². The van der Waals surface area contributed by atoms with Crippen LogP contribution in [0.2, 0.25) is 0 Å². The van der Waals surface area contributed by atoms with Gasteiger partial charge in [0.1, 0.15) is 5.41 Å². The number of carbonyl (C=O) groups is 3. The Balaban J connectivity index is 2.19. The average molecular weight is 334 g/mol. The van der Waals surface area contributed by atoms with E-state index in [-0.39, 0.29) is 12.8 Å². The Labute approximate surface area is 145 Å². The van der Waals surface area contributed by atoms with Crippen molar-refractivity contribution in [3.8, 4) is 0 Å². The van der Waals surface area contributed by atoms with Crippen molar-refractivity contribution < 1.29 is 14.4 Å². The number of urea groups is 1. The van der Waals surface area contributed by atoms with Crippen LogP contribution in [0.15, 0.2) is 67.8 Å². The second-order valence-corrected chi connectivity index (χ2v) is 5.97. The lowest BCUT2D eigenvalue weighted by atomic mass is 9.77. The molecule has 5 nitrogen and oxygen atoms in total. The van der Waals surface area contributed by atoms with Crippen LogP contribution < -0.4 is 10.2 Å². The van der Waals surface area contributed by atoms with E-state index in [0.717, 1.165) is 15.7 Å². The molecule has 1 aliphatic rings. The number of carbonyl (C=O) groups excluding carboxylic acids is 3. The lowest BCUT2D eigenvalue weighted by molar-refractivity contribution is -0.142. The maximum absolute atomic E-state index is 13.2. The van der Waals surface area contributed by atoms with Gasteiger partial charge in [-0.15, -0.1) is 13.2 Å². The minimum atomic E-state index is -1.41. The van der Waals surface area contributed by atoms with Gasteiger partial charge in [-0.3, -0.25) is 14.9 Å². The summed E-state index contributed by atoms with van der Waals surface area (Å²) in [5.74, 6) is -1.17. The maximum Gasteiger partial charge on any atom is 0.335 e. The number of benzene rings is 2. The molecule has 1 heterocycles. The number of nitrogens with one attached hydrogen (secondary N) is 1. The van der Waals surface area contributed by atoms with Crippen LogP contribution in [0.3, 0.4) is 0 Å². The Morgan fingerprint density at radius 3 is 2.28 bits per heavy atom. The molecule has 25 heavy (non-hydrogen) atoms. The highest BCUT2D eigenvalue weighted by Crippen LogP contribution is 2.37. The van der Waals surface area contributed by atoms with E-state index < -0.39 is 23.3 Å². The smallest absolute Gasteiger partial charge is 0.276 e. The van der Waals surface area contributed by atoms with Crippen LogP contribution in [0.25, 0.3) is 10.8 Å². The van der Waals surface area contributed by atoms with Gasteiger partial charge in [-0.05, 0) is 24.3 Å². The van der Waals surface area contributed by atoms with Crippen LogP contribution in [0.1, 0.15) is 12.8 Å². The molecule has 4 amide bonds. The molecule has 0 aliphatic carbocycles. The zero-order chi connectivity index (χ0) is 18.0. The third-order valence-electron chi connectivity index (χ3n) is 4.46. The highest BCUT2D eigenvalue weighted by Gasteiger charge is 2.52. The van der Waals surface area contributed by atoms with Gasteiger partial charge in [0.25, 0.3) is 5.91 Å². The third-order valence-corrected chi connectivity index (χ3v) is 4.46. The van der Waals surface area contributed by atoms with E-state index in [1.165, 1.54) is 12.2 Å². The zero-order valence-electron chi connectivity index (χ0n) is 13.7. The van der Waals surface area contributed by atoms with Crippen molar-refractivity contribution in [1.29, 1.82) is 0 Å². The number of allylic oxidation sites excluding steroid dienone is 2. The highest BCUT2D eigenvalue weighted by atomic mass is 16.2. The first kappa shape index (κ1) is 16.6. The Hall–Kier alpha value is -3.21. The van der Waals surface area contributed by atoms with E-state index in [1.807, 2.05) is 30.3 Å². The standard InChI is InChI=1S/C20H18N2O3/c1-3-12-20(13-4-2)17(23)21-19(25)22(18(20)24)16-11-7-9-14-8-5-6-10-15(14)16/h3-11H,1-2,12-13H2,(H,21,23,25). The molecule has 0 atom stereocenters. The van der Waals surface area contributed by atoms with E-state index in [1.54, 1.807) is 12.1 Å². The molecule has 0 radical (unpaired) electrons. The summed E-state index contributed by atoms with van der Waals surface area (Å²) in [6.45, 7) is 7.30. The molecule has 0 saturated carbocycles. The maximum atomic E-state index is 13.2. The molecule has 1 N–H and O–H groups in total. The third kappa shape index (κ3) is 2.54. The zero-order valence-corrected chi connectivity index (χ0v) is 13.7. The first-order valence-corrected chi connectivity index (χ1v) is 7.94. The van der Waals surface area contributed by atoms with Gasteiger partial charge in [-0.2, -0.15) is 0 Å². The summed E-state index contributed by atoms with van der Waals surface area (Å²) in [6, 6.07) is 12.1. The van der Waals surface area contributed by atoms with Crippen molar-refractivity contribution in [2.75, 3.05) is 4.90 Å². The van der Waals surface area contributed by atoms with Crippen molar-refractivity contribution in [1.82, 2.24) is 5.32 Å². The summed E-state index contributed by atoms with van der Waals surface area (Å²) in [6.07, 6.45) is 3.27. The normalized spacial score (nSPS) is 16.6. The Kier molecular flexibility index (Phi) is 4.23. The van der Waals surface area contributed by atoms with E-state index >= 15 is 0 Å². The molecule has 0 bridgehead atoms. The number of barbiturate groups is 1. The van der Waals surface area contributed by atoms with E-state index in [9.17, 15) is 14.4 Å². The summed E-state index contributed by atoms with van der Waals surface area (Å²) >= 11 is 0. The second-order valence-electron chi connectivity index (χ2n) is 5.97. The van der Waals surface area contributed by atoms with E-state index in [4.69, 9.17) is 0 Å². The molecule has 5 heteroatoms. The van der Waals surface area contributed by atoms with Crippen molar-refractivity contribution in [3.63, 3.8) is 0 Å². The lowest BCUT2D eigenvalue weighted by Crippen LogP contribution is -2.64. The molecule has 1 fully saturated rings. The number of fused-ring (bicyclic) bond motifs is 1. The Morgan fingerprint density at radius 1 is 0.960 bits per heavy atom. The van der Waals surface area contributed by atoms with Crippen molar-refractivity contribution in [3.05, 3.63) is 67.8 Å². The number of hydrogen-bond acceptors (Lipinski definition) is 3. The SMILES string of the molecule is C=CCC1(CC=C)C(=O)NC(=O)N(c2cccc3ccccc23)C1=O. The number of anilines is 1. The highest BCUT2D eigenvalue weighted by molar-refractivity contribution is 6.31. The number of nitrogens with zero attached hydrogens (tertiary/aromatic N) is 1. The van der Waals surface area contributed by atoms with E-state index in [2.05, 4.69) is 18.5 Å². The second kappa shape index (κ2) is 6.36. The first-order valence-electron chi connectivity index (χ1n) is 7.94. The van der Waals surface area contributed by atoms with Gasteiger partial charge >= 0.3 is 6.03 Å². The van der Waals surface area contributed by atoms with Crippen molar-refractivity contribution in [2.24, 2.45) is 5.41 Å². The van der Waals surface area contributed by atoms with Crippen LogP contribution in [0, 0.1) is 5.41 Å². The quantitative estimate of drug-likeness (QED) is 0.671. The van der Waals surface area contributed by atoms with Crippen LogP contribution in [-0.2, 0) is 9.59 Å². The van der Waals surface area contributed by atoms with Crippen LogP contribution >= 0.6 is 0 Å². The molecule has 3 rings (SSSR count). The minimum Gasteiger partial charge on any atom is -0.276 e. The summed E-state index contributed by atoms with van der Waals surface area (Å²) in [5, 5.41) is 3.97. The summed E-state index contributed by atoms with van der Waals surface area (Å²) in [5.41, 5.74) is -0.959. The van der Waals surface area contributed by atoms with Crippen molar-refractivity contribution >= 4 is 34.3 Å². The summed E-state index contributed by atoms with van der Waals surface area (Å²) in [7, 11) is 0. The molecule has 0 spiro atoms. The van der Waals surface area contributed by atoms with Crippen LogP contribution in [0.5, 0.6) is 0 Å². The van der Waals surface area contributed by atoms with Crippen molar-refractivity contribution in [2.45, 2.75) is 12.8 Å². The number of amides is 4. The van der Waals surface area contributed by atoms with Crippen LogP contribution in [-0.4, -0.2) is 17.8 Å². The van der Waals surface area contributed by atoms with Gasteiger partial charge in [-0.25, -0.2) is 9.69 Å². The van der Waals surface area contributed by atoms with Gasteiger partial charge in [0.15, 0.2) is 0 Å². The van der Waals surface area contributed by atoms with Gasteiger partial charge in [0.2, 0.25) is 5.91 Å². The molecule has 0 aromatic heterocycles. The molecular formula is C20H18N2O3. The average Bonchev–Trinajstić information content (AvgIpc) is 2.60. The first-order chi connectivity index (χ1) is 12.0. The topological polar surface area (TPSA) is 66.5 Å². The molecule has 1 saturated heterocycles. The van der Waals surface area contributed by atoms with E-state index in [0.29, 0.717) is 5.69 Å². The lowest BCUT2D eigenvalue weighted by Gasteiger charge is -2.38. The molecule has 2 aromatic carbocycles. The summed E-state index contributed by atoms with van der Waals surface area (Å²) < 4.78 is 0. The predicted molar refractivity (Wildman–Crippen MR) is 97.0 cm³/mol. The number of rotatable bonds is 5. The Morgan fingerprint density at radius 2 is 1.60 bits per heavy atom. The van der Waals surface area contributed by atoms with Gasteiger partial charge in [-0.1, -0.05) is 48.6 Å². The van der Waals surface area contributed by atoms with Gasteiger partial charge in [0.05, 0.1) is 5.69 Å². The Bertz CT molecular complexity index is 885. The molecular weight excluding hydrogens is 316 g/mol. The molecule has 2 aromatic rings. The fourth-order valence-electron chi connectivity index (χ4n) is 3.23. The van der Waals surface area contributed by atoms with Crippen LogP contribution in [0.4, 0.5) is 10.5 Å². The minimum absolute atomic E-state index is 0.123. The largest absolute Gasteiger partial charge is 0.335 e. The number of hydrogen-bond donors (Lipinski definition) is 1.